The second kappa shape index (κ2) is 9.68. The summed E-state index contributed by atoms with van der Waals surface area (Å²) in [4.78, 5) is 27.9. The van der Waals surface area contributed by atoms with Crippen LogP contribution in [0.3, 0.4) is 0 Å². The number of rotatable bonds is 7. The highest BCUT2D eigenvalue weighted by molar-refractivity contribution is 7.99. The summed E-state index contributed by atoms with van der Waals surface area (Å²) in [6, 6.07) is 24.6. The topological polar surface area (TPSA) is 72.8 Å². The molecule has 0 saturated heterocycles. The van der Waals surface area contributed by atoms with Crippen molar-refractivity contribution in [1.29, 1.82) is 0 Å². The smallest absolute Gasteiger partial charge is 0.231 e. The van der Waals surface area contributed by atoms with Crippen LogP contribution in [0.15, 0.2) is 89.8 Å². The molecule has 1 aliphatic rings. The molecule has 4 aromatic carbocycles. The number of ketones is 2. The summed E-state index contributed by atoms with van der Waals surface area (Å²) in [5.41, 5.74) is 2.65. The van der Waals surface area contributed by atoms with Crippen molar-refractivity contribution < 1.29 is 24.2 Å². The minimum absolute atomic E-state index is 0.126. The SMILES string of the molecule is CCSc1c(C(=O)c2ccccc2)c(O)cc(-c2ccc3c(c2)OCO3)c1C(=O)c1ccccc1. The Hall–Kier alpha value is -4.03. The van der Waals surface area contributed by atoms with E-state index >= 15 is 0 Å². The Morgan fingerprint density at radius 2 is 1.40 bits per heavy atom. The normalized spacial score (nSPS) is 11.9. The molecule has 0 amide bonds. The number of aromatic hydroxyl groups is 1. The zero-order valence-electron chi connectivity index (χ0n) is 19.0. The quantitative estimate of drug-likeness (QED) is 0.244. The maximum Gasteiger partial charge on any atom is 0.231 e. The molecule has 0 radical (unpaired) electrons. The lowest BCUT2D eigenvalue weighted by molar-refractivity contribution is 0.103. The molecule has 0 fully saturated rings. The Labute approximate surface area is 207 Å². The van der Waals surface area contributed by atoms with Crippen LogP contribution < -0.4 is 9.47 Å². The van der Waals surface area contributed by atoms with Gasteiger partial charge >= 0.3 is 0 Å². The van der Waals surface area contributed by atoms with Gasteiger partial charge in [0.25, 0.3) is 0 Å². The minimum Gasteiger partial charge on any atom is -0.507 e. The molecule has 35 heavy (non-hydrogen) atoms. The van der Waals surface area contributed by atoms with Gasteiger partial charge in [-0.1, -0.05) is 73.7 Å². The molecular formula is C29H22O5S. The molecule has 4 aromatic rings. The first kappa shape index (κ1) is 22.7. The lowest BCUT2D eigenvalue weighted by atomic mass is 9.89. The average Bonchev–Trinajstić information content (AvgIpc) is 3.37. The molecule has 5 rings (SSSR count). The number of phenolic OH excluding ortho intramolecular Hbond substituents is 1. The second-order valence-electron chi connectivity index (χ2n) is 7.91. The van der Waals surface area contributed by atoms with Crippen LogP contribution in [-0.4, -0.2) is 29.2 Å². The number of fused-ring (bicyclic) bond motifs is 1. The van der Waals surface area contributed by atoms with E-state index in [1.807, 2.05) is 25.1 Å². The number of benzene rings is 4. The van der Waals surface area contributed by atoms with E-state index in [0.29, 0.717) is 50.0 Å². The maximum atomic E-state index is 13.9. The van der Waals surface area contributed by atoms with Gasteiger partial charge in [0.2, 0.25) is 6.79 Å². The molecule has 0 aliphatic carbocycles. The molecule has 0 bridgehead atoms. The first-order valence-corrected chi connectivity index (χ1v) is 12.2. The third kappa shape index (κ3) is 4.29. The van der Waals surface area contributed by atoms with Crippen LogP contribution in [0.25, 0.3) is 11.1 Å². The van der Waals surface area contributed by atoms with Crippen LogP contribution in [-0.2, 0) is 0 Å². The van der Waals surface area contributed by atoms with Crippen LogP contribution in [0.2, 0.25) is 0 Å². The van der Waals surface area contributed by atoms with Gasteiger partial charge in [0.1, 0.15) is 5.75 Å². The largest absolute Gasteiger partial charge is 0.507 e. The second-order valence-corrected chi connectivity index (χ2v) is 9.19. The number of hydrogen-bond acceptors (Lipinski definition) is 6. The van der Waals surface area contributed by atoms with Crippen molar-refractivity contribution in [3.05, 3.63) is 107 Å². The van der Waals surface area contributed by atoms with Crippen LogP contribution >= 0.6 is 11.8 Å². The predicted molar refractivity (Wildman–Crippen MR) is 136 cm³/mol. The Morgan fingerprint density at radius 3 is 2.03 bits per heavy atom. The lowest BCUT2D eigenvalue weighted by Gasteiger charge is -2.19. The third-order valence-electron chi connectivity index (χ3n) is 5.76. The number of carbonyl (C=O) groups excluding carboxylic acids is 2. The molecule has 174 valence electrons. The molecular weight excluding hydrogens is 460 g/mol. The summed E-state index contributed by atoms with van der Waals surface area (Å²) in [5.74, 6) is 1.05. The van der Waals surface area contributed by atoms with Crippen molar-refractivity contribution >= 4 is 23.3 Å². The Bertz CT molecular complexity index is 1410. The maximum absolute atomic E-state index is 13.9. The number of ether oxygens (including phenoxy) is 2. The highest BCUT2D eigenvalue weighted by Crippen LogP contribution is 2.44. The van der Waals surface area contributed by atoms with E-state index in [-0.39, 0.29) is 29.7 Å². The van der Waals surface area contributed by atoms with Crippen LogP contribution in [0, 0.1) is 0 Å². The van der Waals surface area contributed by atoms with Gasteiger partial charge in [0, 0.05) is 21.6 Å². The van der Waals surface area contributed by atoms with Gasteiger partial charge in [-0.3, -0.25) is 9.59 Å². The van der Waals surface area contributed by atoms with Crippen molar-refractivity contribution in [1.82, 2.24) is 0 Å². The van der Waals surface area contributed by atoms with Crippen molar-refractivity contribution in [3.63, 3.8) is 0 Å². The fourth-order valence-corrected chi connectivity index (χ4v) is 5.11. The van der Waals surface area contributed by atoms with Crippen molar-refractivity contribution in [2.45, 2.75) is 11.8 Å². The molecule has 5 nitrogen and oxygen atoms in total. The van der Waals surface area contributed by atoms with Crippen molar-refractivity contribution in [2.24, 2.45) is 0 Å². The highest BCUT2D eigenvalue weighted by Gasteiger charge is 2.29. The first-order chi connectivity index (χ1) is 17.1. The van der Waals surface area contributed by atoms with Crippen LogP contribution in [0.4, 0.5) is 0 Å². The molecule has 0 atom stereocenters. The highest BCUT2D eigenvalue weighted by atomic mass is 32.2. The van der Waals surface area contributed by atoms with E-state index in [2.05, 4.69) is 0 Å². The lowest BCUT2D eigenvalue weighted by Crippen LogP contribution is -2.12. The van der Waals surface area contributed by atoms with Crippen molar-refractivity contribution in [3.8, 4) is 28.4 Å². The van der Waals surface area contributed by atoms with Crippen LogP contribution in [0.1, 0.15) is 38.8 Å². The number of carbonyl (C=O) groups is 2. The van der Waals surface area contributed by atoms with E-state index in [9.17, 15) is 14.7 Å². The predicted octanol–water partition coefficient (Wildman–Crippen LogP) is 6.36. The first-order valence-electron chi connectivity index (χ1n) is 11.2. The van der Waals surface area contributed by atoms with E-state index in [0.717, 1.165) is 0 Å². The van der Waals surface area contributed by atoms with Gasteiger partial charge < -0.3 is 14.6 Å². The molecule has 1 N–H and O–H groups in total. The van der Waals surface area contributed by atoms with Gasteiger partial charge in [-0.25, -0.2) is 0 Å². The third-order valence-corrected chi connectivity index (χ3v) is 6.74. The standard InChI is InChI=1S/C29H22O5S/c1-2-35-29-25(27(31)18-9-5-3-6-10-18)21(20-13-14-23-24(15-20)34-17-33-23)16-22(30)26(29)28(32)19-11-7-4-8-12-19/h3-16,30H,2,17H2,1H3. The monoisotopic (exact) mass is 482 g/mol. The summed E-state index contributed by atoms with van der Waals surface area (Å²) in [7, 11) is 0. The van der Waals surface area contributed by atoms with E-state index in [1.165, 1.54) is 17.8 Å². The van der Waals surface area contributed by atoms with E-state index < -0.39 is 0 Å². The zero-order chi connectivity index (χ0) is 24.4. The summed E-state index contributed by atoms with van der Waals surface area (Å²) >= 11 is 1.37. The fraction of sp³-hybridized carbons (Fsp3) is 0.103. The molecule has 6 heteroatoms. The van der Waals surface area contributed by atoms with Gasteiger partial charge in [0.15, 0.2) is 23.1 Å². The van der Waals surface area contributed by atoms with Gasteiger partial charge in [-0.15, -0.1) is 11.8 Å². The van der Waals surface area contributed by atoms with Crippen molar-refractivity contribution in [2.75, 3.05) is 12.5 Å². The van der Waals surface area contributed by atoms with Gasteiger partial charge in [-0.2, -0.15) is 0 Å². The van der Waals surface area contributed by atoms with Gasteiger partial charge in [0.05, 0.1) is 5.56 Å². The molecule has 0 aromatic heterocycles. The molecule has 0 spiro atoms. The minimum atomic E-state index is -0.335. The number of thioether (sulfide) groups is 1. The van der Waals surface area contributed by atoms with E-state index in [1.54, 1.807) is 60.7 Å². The summed E-state index contributed by atoms with van der Waals surface area (Å²) in [6.07, 6.45) is 0. The Balaban J connectivity index is 1.79. The molecule has 1 heterocycles. The molecule has 0 saturated carbocycles. The summed E-state index contributed by atoms with van der Waals surface area (Å²) in [5, 5.41) is 11.2. The number of phenols is 1. The van der Waals surface area contributed by atoms with Gasteiger partial charge in [-0.05, 0) is 35.1 Å². The Morgan fingerprint density at radius 1 is 0.800 bits per heavy atom. The molecule has 0 unspecified atom stereocenters. The fourth-order valence-electron chi connectivity index (χ4n) is 4.14. The van der Waals surface area contributed by atoms with E-state index in [4.69, 9.17) is 9.47 Å². The average molecular weight is 483 g/mol. The zero-order valence-corrected chi connectivity index (χ0v) is 19.8. The summed E-state index contributed by atoms with van der Waals surface area (Å²) in [6.45, 7) is 2.07. The number of hydrogen-bond donors (Lipinski definition) is 1. The summed E-state index contributed by atoms with van der Waals surface area (Å²) < 4.78 is 11.0. The van der Waals surface area contributed by atoms with Crippen LogP contribution in [0.5, 0.6) is 17.2 Å². The Kier molecular flexibility index (Phi) is 6.29. The molecule has 1 aliphatic heterocycles.